The number of aromatic nitrogens is 3. The van der Waals surface area contributed by atoms with Gasteiger partial charge in [0.2, 0.25) is 11.0 Å². The second-order valence-corrected chi connectivity index (χ2v) is 6.45. The zero-order chi connectivity index (χ0) is 16.9. The zero-order valence-electron chi connectivity index (χ0n) is 13.6. The van der Waals surface area contributed by atoms with Crippen LogP contribution in [0, 0.1) is 6.92 Å². The molecule has 1 amide bonds. The number of oxazole rings is 1. The Kier molecular flexibility index (Phi) is 5.00. The van der Waals surface area contributed by atoms with Crippen LogP contribution in [-0.4, -0.2) is 21.1 Å². The molecule has 0 aliphatic carbocycles. The predicted molar refractivity (Wildman–Crippen MR) is 92.9 cm³/mol. The van der Waals surface area contributed by atoms with Gasteiger partial charge in [0.15, 0.2) is 11.7 Å². The van der Waals surface area contributed by atoms with E-state index >= 15 is 0 Å². The fourth-order valence-electron chi connectivity index (χ4n) is 2.13. The molecule has 3 aromatic rings. The molecule has 0 atom stereocenters. The fourth-order valence-corrected chi connectivity index (χ4v) is 2.82. The van der Waals surface area contributed by atoms with E-state index in [-0.39, 0.29) is 12.3 Å². The van der Waals surface area contributed by atoms with Gasteiger partial charge >= 0.3 is 0 Å². The van der Waals surface area contributed by atoms with Gasteiger partial charge in [-0.15, -0.1) is 10.2 Å². The van der Waals surface area contributed by atoms with Gasteiger partial charge in [0.25, 0.3) is 0 Å². The summed E-state index contributed by atoms with van der Waals surface area (Å²) in [6.07, 6.45) is 3.23. The molecule has 0 aliphatic rings. The minimum Gasteiger partial charge on any atom is -0.441 e. The summed E-state index contributed by atoms with van der Waals surface area (Å²) in [4.78, 5) is 16.2. The highest BCUT2D eigenvalue weighted by Gasteiger charge is 2.11. The van der Waals surface area contributed by atoms with Gasteiger partial charge < -0.3 is 9.73 Å². The molecule has 124 valence electrons. The summed E-state index contributed by atoms with van der Waals surface area (Å²) in [5.74, 6) is 1.14. The van der Waals surface area contributed by atoms with Crippen LogP contribution in [0.2, 0.25) is 0 Å². The van der Waals surface area contributed by atoms with Gasteiger partial charge in [-0.3, -0.25) is 4.79 Å². The van der Waals surface area contributed by atoms with E-state index in [0.717, 1.165) is 17.0 Å². The lowest BCUT2D eigenvalue weighted by Crippen LogP contribution is -2.12. The second kappa shape index (κ2) is 7.35. The molecule has 1 N–H and O–H groups in total. The number of hydrogen-bond donors (Lipinski definition) is 1. The molecule has 3 rings (SSSR count). The maximum Gasteiger partial charge on any atom is 0.226 e. The van der Waals surface area contributed by atoms with Crippen molar-refractivity contribution in [3.8, 4) is 11.3 Å². The number of benzene rings is 1. The highest BCUT2D eigenvalue weighted by Crippen LogP contribution is 2.21. The van der Waals surface area contributed by atoms with Crippen LogP contribution < -0.4 is 5.32 Å². The summed E-state index contributed by atoms with van der Waals surface area (Å²) in [5, 5.41) is 12.1. The molecule has 2 heterocycles. The van der Waals surface area contributed by atoms with Gasteiger partial charge in [-0.25, -0.2) is 4.98 Å². The molecule has 0 saturated heterocycles. The van der Waals surface area contributed by atoms with Crippen molar-refractivity contribution in [2.45, 2.75) is 33.1 Å². The first kappa shape index (κ1) is 16.3. The van der Waals surface area contributed by atoms with Gasteiger partial charge in [-0.2, -0.15) is 0 Å². The minimum absolute atomic E-state index is 0.121. The molecule has 0 saturated carbocycles. The number of amides is 1. The standard InChI is InChI=1S/C17H18N4O2S/c1-3-16-20-21-17(24-16)19-14(22)8-9-15-18-10-13(23-15)12-6-4-11(2)5-7-12/h4-7,10H,3,8-9H2,1-2H3,(H,19,21,22). The van der Waals surface area contributed by atoms with Gasteiger partial charge in [-0.05, 0) is 13.3 Å². The van der Waals surface area contributed by atoms with Crippen LogP contribution in [0.25, 0.3) is 11.3 Å². The van der Waals surface area contributed by atoms with E-state index in [2.05, 4.69) is 20.5 Å². The first-order valence-electron chi connectivity index (χ1n) is 7.78. The number of aryl methyl sites for hydroxylation is 3. The van der Waals surface area contributed by atoms with E-state index in [1.807, 2.05) is 38.1 Å². The maximum absolute atomic E-state index is 12.0. The van der Waals surface area contributed by atoms with E-state index in [1.165, 1.54) is 16.9 Å². The normalized spacial score (nSPS) is 10.8. The molecule has 24 heavy (non-hydrogen) atoms. The summed E-state index contributed by atoms with van der Waals surface area (Å²) in [6.45, 7) is 4.04. The average Bonchev–Trinajstić information content (AvgIpc) is 3.23. The van der Waals surface area contributed by atoms with Gasteiger partial charge in [0.05, 0.1) is 6.20 Å². The molecular weight excluding hydrogens is 324 g/mol. The monoisotopic (exact) mass is 342 g/mol. The highest BCUT2D eigenvalue weighted by molar-refractivity contribution is 7.15. The maximum atomic E-state index is 12.0. The number of anilines is 1. The van der Waals surface area contributed by atoms with Crippen LogP contribution >= 0.6 is 11.3 Å². The van der Waals surface area contributed by atoms with E-state index in [4.69, 9.17) is 4.42 Å². The Morgan fingerprint density at radius 1 is 1.25 bits per heavy atom. The Balaban J connectivity index is 1.55. The van der Waals surface area contributed by atoms with Crippen molar-refractivity contribution >= 4 is 22.4 Å². The number of carbonyl (C=O) groups excluding carboxylic acids is 1. The van der Waals surface area contributed by atoms with Gasteiger partial charge in [0.1, 0.15) is 5.01 Å². The van der Waals surface area contributed by atoms with Crippen LogP contribution in [-0.2, 0) is 17.6 Å². The quantitative estimate of drug-likeness (QED) is 0.740. The number of carbonyl (C=O) groups is 1. The molecule has 0 unspecified atom stereocenters. The Bertz CT molecular complexity index is 823. The fraction of sp³-hybridized carbons (Fsp3) is 0.294. The molecule has 0 radical (unpaired) electrons. The lowest BCUT2D eigenvalue weighted by Gasteiger charge is -1.99. The van der Waals surface area contributed by atoms with E-state index < -0.39 is 0 Å². The summed E-state index contributed by atoms with van der Waals surface area (Å²) < 4.78 is 5.72. The van der Waals surface area contributed by atoms with Crippen molar-refractivity contribution in [3.63, 3.8) is 0 Å². The summed E-state index contributed by atoms with van der Waals surface area (Å²) in [5.41, 5.74) is 2.17. The third-order valence-electron chi connectivity index (χ3n) is 3.47. The predicted octanol–water partition coefficient (Wildman–Crippen LogP) is 3.64. The van der Waals surface area contributed by atoms with Crippen LogP contribution in [0.5, 0.6) is 0 Å². The Hall–Kier alpha value is -2.54. The highest BCUT2D eigenvalue weighted by atomic mass is 32.1. The van der Waals surface area contributed by atoms with Gasteiger partial charge in [-0.1, -0.05) is 48.1 Å². The minimum atomic E-state index is -0.121. The average molecular weight is 342 g/mol. The molecule has 6 nitrogen and oxygen atoms in total. The van der Waals surface area contributed by atoms with E-state index in [9.17, 15) is 4.79 Å². The van der Waals surface area contributed by atoms with Crippen molar-refractivity contribution < 1.29 is 9.21 Å². The Labute approximate surface area is 144 Å². The SMILES string of the molecule is CCc1nnc(NC(=O)CCc2ncc(-c3ccc(C)cc3)o2)s1. The van der Waals surface area contributed by atoms with E-state index in [0.29, 0.717) is 23.2 Å². The topological polar surface area (TPSA) is 80.9 Å². The largest absolute Gasteiger partial charge is 0.441 e. The molecule has 7 heteroatoms. The third kappa shape index (κ3) is 4.05. The Morgan fingerprint density at radius 3 is 2.75 bits per heavy atom. The number of nitrogens with zero attached hydrogens (tertiary/aromatic N) is 3. The summed E-state index contributed by atoms with van der Waals surface area (Å²) >= 11 is 1.39. The molecule has 0 aliphatic heterocycles. The second-order valence-electron chi connectivity index (χ2n) is 5.39. The van der Waals surface area contributed by atoms with Crippen molar-refractivity contribution in [3.05, 3.63) is 46.9 Å². The first-order chi connectivity index (χ1) is 11.6. The van der Waals surface area contributed by atoms with Gasteiger partial charge in [0, 0.05) is 18.4 Å². The lowest BCUT2D eigenvalue weighted by molar-refractivity contribution is -0.116. The summed E-state index contributed by atoms with van der Waals surface area (Å²) in [7, 11) is 0. The Morgan fingerprint density at radius 2 is 2.04 bits per heavy atom. The summed E-state index contributed by atoms with van der Waals surface area (Å²) in [6, 6.07) is 8.04. The zero-order valence-corrected chi connectivity index (χ0v) is 14.4. The molecule has 0 bridgehead atoms. The van der Waals surface area contributed by atoms with Crippen LogP contribution in [0.4, 0.5) is 5.13 Å². The molecular formula is C17H18N4O2S. The third-order valence-corrected chi connectivity index (χ3v) is 4.45. The number of rotatable bonds is 6. The van der Waals surface area contributed by atoms with E-state index in [1.54, 1.807) is 6.20 Å². The van der Waals surface area contributed by atoms with Crippen LogP contribution in [0.1, 0.15) is 29.8 Å². The molecule has 0 fully saturated rings. The smallest absolute Gasteiger partial charge is 0.226 e. The van der Waals surface area contributed by atoms with Crippen molar-refractivity contribution in [1.29, 1.82) is 0 Å². The van der Waals surface area contributed by atoms with Crippen molar-refractivity contribution in [2.24, 2.45) is 0 Å². The van der Waals surface area contributed by atoms with Crippen LogP contribution in [0.15, 0.2) is 34.9 Å². The molecule has 2 aromatic heterocycles. The molecule has 0 spiro atoms. The van der Waals surface area contributed by atoms with Crippen LogP contribution in [0.3, 0.4) is 0 Å². The van der Waals surface area contributed by atoms with Crippen molar-refractivity contribution in [2.75, 3.05) is 5.32 Å². The lowest BCUT2D eigenvalue weighted by atomic mass is 10.1. The first-order valence-corrected chi connectivity index (χ1v) is 8.59. The molecule has 1 aromatic carbocycles. The van der Waals surface area contributed by atoms with Crippen molar-refractivity contribution in [1.82, 2.24) is 15.2 Å². The number of hydrogen-bond acceptors (Lipinski definition) is 6. The number of nitrogens with one attached hydrogen (secondary N) is 1.